The maximum atomic E-state index is 3.59. The summed E-state index contributed by atoms with van der Waals surface area (Å²) in [5.41, 5.74) is 5.75. The molecule has 2 nitrogen and oxygen atoms in total. The molecule has 2 aromatic rings. The standard InChI is InChI=1S/C18H26N2/c1-12(2)17-11-16-9-14-5-7-20(13(3)4)8-6-15(14)10-18(16)19-17/h9-13,19H,5-8H2,1-4H3. The molecule has 0 unspecified atom stereocenters. The summed E-state index contributed by atoms with van der Waals surface area (Å²) in [6.45, 7) is 11.5. The Hall–Kier alpha value is -1.28. The van der Waals surface area contributed by atoms with Gasteiger partial charge in [0.05, 0.1) is 0 Å². The SMILES string of the molecule is CC(C)c1cc2cc3c(cc2[nH]1)CCN(C(C)C)CC3. The molecule has 2 heteroatoms. The largest absolute Gasteiger partial charge is 0.358 e. The van der Waals surface area contributed by atoms with Crippen LogP contribution in [0.4, 0.5) is 0 Å². The fraction of sp³-hybridized carbons (Fsp3) is 0.556. The first kappa shape index (κ1) is 13.7. The fourth-order valence-electron chi connectivity index (χ4n) is 3.23. The van der Waals surface area contributed by atoms with Gasteiger partial charge in [0.25, 0.3) is 0 Å². The lowest BCUT2D eigenvalue weighted by Crippen LogP contribution is -2.32. The van der Waals surface area contributed by atoms with Gasteiger partial charge in [0.15, 0.2) is 0 Å². The molecule has 1 aliphatic heterocycles. The third-order valence-electron chi connectivity index (χ3n) is 4.65. The van der Waals surface area contributed by atoms with Crippen LogP contribution in [0.2, 0.25) is 0 Å². The van der Waals surface area contributed by atoms with E-state index in [9.17, 15) is 0 Å². The molecule has 0 fully saturated rings. The number of benzene rings is 1. The van der Waals surface area contributed by atoms with E-state index in [2.05, 4.69) is 55.8 Å². The Bertz CT molecular complexity index is 562. The predicted molar refractivity (Wildman–Crippen MR) is 86.5 cm³/mol. The minimum atomic E-state index is 0.568. The zero-order chi connectivity index (χ0) is 14.3. The molecule has 0 saturated heterocycles. The number of aromatic nitrogens is 1. The second-order valence-electron chi connectivity index (χ2n) is 6.72. The molecule has 0 spiro atoms. The molecular weight excluding hydrogens is 244 g/mol. The highest BCUT2D eigenvalue weighted by Crippen LogP contribution is 2.26. The lowest BCUT2D eigenvalue weighted by atomic mass is 10.0. The highest BCUT2D eigenvalue weighted by Gasteiger charge is 2.17. The fourth-order valence-corrected chi connectivity index (χ4v) is 3.23. The van der Waals surface area contributed by atoms with E-state index in [1.54, 1.807) is 5.56 Å². The molecule has 1 aliphatic rings. The summed E-state index contributed by atoms with van der Waals surface area (Å²) in [5, 5.41) is 1.38. The van der Waals surface area contributed by atoms with E-state index in [1.807, 2.05) is 0 Å². The van der Waals surface area contributed by atoms with E-state index in [1.165, 1.54) is 48.1 Å². The summed E-state index contributed by atoms with van der Waals surface area (Å²) in [7, 11) is 0. The molecule has 0 atom stereocenters. The Kier molecular flexibility index (Phi) is 3.59. The van der Waals surface area contributed by atoms with Crippen molar-refractivity contribution >= 4 is 10.9 Å². The van der Waals surface area contributed by atoms with Gasteiger partial charge in [0, 0.05) is 30.3 Å². The molecule has 0 bridgehead atoms. The van der Waals surface area contributed by atoms with E-state index in [-0.39, 0.29) is 0 Å². The van der Waals surface area contributed by atoms with Gasteiger partial charge in [0.2, 0.25) is 0 Å². The summed E-state index contributed by atoms with van der Waals surface area (Å²) in [6, 6.07) is 7.78. The second-order valence-corrected chi connectivity index (χ2v) is 6.72. The summed E-state index contributed by atoms with van der Waals surface area (Å²) < 4.78 is 0. The number of rotatable bonds is 2. The number of hydrogen-bond acceptors (Lipinski definition) is 1. The third-order valence-corrected chi connectivity index (χ3v) is 4.65. The molecule has 0 aliphatic carbocycles. The van der Waals surface area contributed by atoms with E-state index in [0.717, 1.165) is 0 Å². The average Bonchev–Trinajstić information content (AvgIpc) is 2.69. The zero-order valence-electron chi connectivity index (χ0n) is 13.2. The first-order valence-corrected chi connectivity index (χ1v) is 7.93. The van der Waals surface area contributed by atoms with Gasteiger partial charge >= 0.3 is 0 Å². The lowest BCUT2D eigenvalue weighted by Gasteiger charge is -2.23. The van der Waals surface area contributed by atoms with Gasteiger partial charge in [-0.2, -0.15) is 0 Å². The number of hydrogen-bond donors (Lipinski definition) is 1. The normalized spacial score (nSPS) is 16.9. The van der Waals surface area contributed by atoms with Gasteiger partial charge in [0.1, 0.15) is 0 Å². The number of aromatic amines is 1. The van der Waals surface area contributed by atoms with Crippen LogP contribution in [0.25, 0.3) is 10.9 Å². The van der Waals surface area contributed by atoms with Crippen LogP contribution in [-0.4, -0.2) is 29.0 Å². The van der Waals surface area contributed by atoms with Crippen LogP contribution in [0.15, 0.2) is 18.2 Å². The molecular formula is C18H26N2. The molecule has 1 aromatic carbocycles. The van der Waals surface area contributed by atoms with Crippen molar-refractivity contribution in [3.8, 4) is 0 Å². The van der Waals surface area contributed by atoms with Crippen LogP contribution in [0.5, 0.6) is 0 Å². The van der Waals surface area contributed by atoms with E-state index >= 15 is 0 Å². The maximum Gasteiger partial charge on any atom is 0.0459 e. The first-order valence-electron chi connectivity index (χ1n) is 7.93. The summed E-state index contributed by atoms with van der Waals surface area (Å²) in [4.78, 5) is 6.18. The van der Waals surface area contributed by atoms with Crippen molar-refractivity contribution in [2.45, 2.75) is 52.5 Å². The van der Waals surface area contributed by atoms with Crippen molar-refractivity contribution in [3.05, 3.63) is 35.0 Å². The van der Waals surface area contributed by atoms with Crippen molar-refractivity contribution in [2.24, 2.45) is 0 Å². The molecule has 0 amide bonds. The van der Waals surface area contributed by atoms with Gasteiger partial charge < -0.3 is 9.88 Å². The van der Waals surface area contributed by atoms with Crippen molar-refractivity contribution < 1.29 is 0 Å². The highest BCUT2D eigenvalue weighted by molar-refractivity contribution is 5.82. The number of nitrogens with one attached hydrogen (secondary N) is 1. The van der Waals surface area contributed by atoms with Gasteiger partial charge in [-0.3, -0.25) is 0 Å². The van der Waals surface area contributed by atoms with Crippen LogP contribution in [0.1, 0.15) is 50.4 Å². The Morgan fingerprint density at radius 2 is 1.60 bits per heavy atom. The topological polar surface area (TPSA) is 19.0 Å². The van der Waals surface area contributed by atoms with Gasteiger partial charge in [-0.25, -0.2) is 0 Å². The van der Waals surface area contributed by atoms with Crippen molar-refractivity contribution in [1.82, 2.24) is 9.88 Å². The molecule has 3 rings (SSSR count). The summed E-state index contributed by atoms with van der Waals surface area (Å²) in [6.07, 6.45) is 2.37. The molecule has 0 saturated carbocycles. The van der Waals surface area contributed by atoms with E-state index in [4.69, 9.17) is 0 Å². The lowest BCUT2D eigenvalue weighted by molar-refractivity contribution is 0.233. The summed E-state index contributed by atoms with van der Waals surface area (Å²) >= 11 is 0. The van der Waals surface area contributed by atoms with Crippen molar-refractivity contribution in [2.75, 3.05) is 13.1 Å². The number of fused-ring (bicyclic) bond motifs is 2. The molecule has 1 N–H and O–H groups in total. The molecule has 1 aromatic heterocycles. The monoisotopic (exact) mass is 270 g/mol. The number of nitrogens with zero attached hydrogens (tertiary/aromatic N) is 1. The Morgan fingerprint density at radius 1 is 0.950 bits per heavy atom. The Labute approximate surface area is 122 Å². The van der Waals surface area contributed by atoms with Crippen LogP contribution in [0.3, 0.4) is 0 Å². The summed E-state index contributed by atoms with van der Waals surface area (Å²) in [5.74, 6) is 0.568. The van der Waals surface area contributed by atoms with Crippen LogP contribution in [-0.2, 0) is 12.8 Å². The Morgan fingerprint density at radius 3 is 2.20 bits per heavy atom. The molecule has 0 radical (unpaired) electrons. The smallest absolute Gasteiger partial charge is 0.0459 e. The minimum Gasteiger partial charge on any atom is -0.358 e. The average molecular weight is 270 g/mol. The Balaban J connectivity index is 1.95. The maximum absolute atomic E-state index is 3.59. The third kappa shape index (κ3) is 2.49. The molecule has 2 heterocycles. The van der Waals surface area contributed by atoms with Crippen LogP contribution < -0.4 is 0 Å². The van der Waals surface area contributed by atoms with Gasteiger partial charge in [-0.15, -0.1) is 0 Å². The molecule has 108 valence electrons. The van der Waals surface area contributed by atoms with E-state index in [0.29, 0.717) is 12.0 Å². The van der Waals surface area contributed by atoms with Crippen LogP contribution in [0, 0.1) is 0 Å². The predicted octanol–water partition coefficient (Wildman–Crippen LogP) is 4.10. The zero-order valence-corrected chi connectivity index (χ0v) is 13.2. The quantitative estimate of drug-likeness (QED) is 0.870. The van der Waals surface area contributed by atoms with Crippen molar-refractivity contribution in [1.29, 1.82) is 0 Å². The van der Waals surface area contributed by atoms with Gasteiger partial charge in [-0.05, 0) is 67.3 Å². The van der Waals surface area contributed by atoms with Crippen LogP contribution >= 0.6 is 0 Å². The second kappa shape index (κ2) is 5.25. The van der Waals surface area contributed by atoms with Crippen molar-refractivity contribution in [3.63, 3.8) is 0 Å². The van der Waals surface area contributed by atoms with Gasteiger partial charge in [-0.1, -0.05) is 13.8 Å². The highest BCUT2D eigenvalue weighted by atomic mass is 15.1. The minimum absolute atomic E-state index is 0.568. The molecule has 20 heavy (non-hydrogen) atoms. The van der Waals surface area contributed by atoms with E-state index < -0.39 is 0 Å². The first-order chi connectivity index (χ1) is 9.54. The number of H-pyrrole nitrogens is 1.